The maximum Gasteiger partial charge on any atom is 0.250 e. The maximum atomic E-state index is 13.0. The van der Waals surface area contributed by atoms with E-state index in [-0.39, 0.29) is 24.2 Å². The van der Waals surface area contributed by atoms with Crippen molar-refractivity contribution in [2.75, 3.05) is 24.9 Å². The van der Waals surface area contributed by atoms with E-state index in [1.165, 1.54) is 23.6 Å². The summed E-state index contributed by atoms with van der Waals surface area (Å²) in [5, 5.41) is 10.4. The number of thioether (sulfide) groups is 1. The first-order chi connectivity index (χ1) is 15.1. The standard InChI is InChI=1S/C21H21N5O4S/c1-29-14-8-9-15(17(10-14)30-2)22-19(28)16-11-18(27)23-20-24-21(25-26(16)20)31-12-13-6-4-3-5-7-13/h3-10,16H,11-12H2,1-2H3,(H,22,28)(H,23,24,25,27). The molecule has 1 aliphatic rings. The summed E-state index contributed by atoms with van der Waals surface area (Å²) in [5.74, 6) is 1.31. The molecule has 0 bridgehead atoms. The van der Waals surface area contributed by atoms with Crippen molar-refractivity contribution in [1.82, 2.24) is 14.8 Å². The van der Waals surface area contributed by atoms with E-state index in [2.05, 4.69) is 20.7 Å². The zero-order valence-corrected chi connectivity index (χ0v) is 17.8. The molecule has 0 aliphatic carbocycles. The number of hydrogen-bond donors (Lipinski definition) is 2. The van der Waals surface area contributed by atoms with Gasteiger partial charge in [-0.05, 0) is 17.7 Å². The van der Waals surface area contributed by atoms with Crippen molar-refractivity contribution < 1.29 is 19.1 Å². The van der Waals surface area contributed by atoms with Crippen LogP contribution in [0.15, 0.2) is 53.7 Å². The number of methoxy groups -OCH3 is 2. The van der Waals surface area contributed by atoms with Crippen LogP contribution in [0, 0.1) is 0 Å². The van der Waals surface area contributed by atoms with Crippen molar-refractivity contribution in [3.8, 4) is 11.5 Å². The van der Waals surface area contributed by atoms with E-state index in [1.807, 2.05) is 30.3 Å². The highest BCUT2D eigenvalue weighted by Crippen LogP contribution is 2.32. The molecule has 10 heteroatoms. The van der Waals surface area contributed by atoms with Gasteiger partial charge in [0.05, 0.1) is 26.3 Å². The summed E-state index contributed by atoms with van der Waals surface area (Å²) in [5.41, 5.74) is 1.60. The van der Waals surface area contributed by atoms with Crippen molar-refractivity contribution in [3.05, 3.63) is 54.1 Å². The van der Waals surface area contributed by atoms with Gasteiger partial charge in [0.25, 0.3) is 0 Å². The number of benzene rings is 2. The number of rotatable bonds is 7. The van der Waals surface area contributed by atoms with Crippen LogP contribution in [0.25, 0.3) is 0 Å². The molecule has 2 amide bonds. The Morgan fingerprint density at radius 3 is 2.77 bits per heavy atom. The van der Waals surface area contributed by atoms with Crippen LogP contribution in [0.4, 0.5) is 11.6 Å². The van der Waals surface area contributed by atoms with Crippen LogP contribution in [0.2, 0.25) is 0 Å². The number of hydrogen-bond acceptors (Lipinski definition) is 7. The number of ether oxygens (including phenoxy) is 2. The Hall–Kier alpha value is -3.53. The van der Waals surface area contributed by atoms with Crippen LogP contribution in [0.1, 0.15) is 18.0 Å². The van der Waals surface area contributed by atoms with E-state index in [0.717, 1.165) is 5.56 Å². The van der Waals surface area contributed by atoms with E-state index in [4.69, 9.17) is 9.47 Å². The number of carbonyl (C=O) groups is 2. The van der Waals surface area contributed by atoms with Gasteiger partial charge in [0.2, 0.25) is 22.9 Å². The molecule has 31 heavy (non-hydrogen) atoms. The second kappa shape index (κ2) is 9.09. The van der Waals surface area contributed by atoms with Gasteiger partial charge in [-0.3, -0.25) is 14.9 Å². The molecule has 0 saturated heterocycles. The molecule has 1 atom stereocenters. The summed E-state index contributed by atoms with van der Waals surface area (Å²) in [7, 11) is 3.05. The zero-order valence-electron chi connectivity index (χ0n) is 17.0. The van der Waals surface area contributed by atoms with Crippen molar-refractivity contribution in [2.24, 2.45) is 0 Å². The molecule has 2 aromatic carbocycles. The monoisotopic (exact) mass is 439 g/mol. The number of nitrogens with zero attached hydrogens (tertiary/aromatic N) is 3. The lowest BCUT2D eigenvalue weighted by atomic mass is 10.1. The van der Waals surface area contributed by atoms with Crippen LogP contribution >= 0.6 is 11.8 Å². The summed E-state index contributed by atoms with van der Waals surface area (Å²) < 4.78 is 12.0. The van der Waals surface area contributed by atoms with Crippen molar-refractivity contribution in [2.45, 2.75) is 23.4 Å². The van der Waals surface area contributed by atoms with Crippen LogP contribution in [-0.2, 0) is 15.3 Å². The average Bonchev–Trinajstić information content (AvgIpc) is 3.20. The molecule has 2 N–H and O–H groups in total. The van der Waals surface area contributed by atoms with Crippen molar-refractivity contribution in [3.63, 3.8) is 0 Å². The molecule has 3 aromatic rings. The molecule has 0 radical (unpaired) electrons. The van der Waals surface area contributed by atoms with Gasteiger partial charge in [-0.25, -0.2) is 4.68 Å². The number of amides is 2. The molecule has 1 aromatic heterocycles. The molecule has 2 heterocycles. The Labute approximate surface area is 183 Å². The number of nitrogens with one attached hydrogen (secondary N) is 2. The first-order valence-electron chi connectivity index (χ1n) is 9.53. The first-order valence-corrected chi connectivity index (χ1v) is 10.5. The van der Waals surface area contributed by atoms with Crippen molar-refractivity contribution >= 4 is 35.2 Å². The molecule has 0 saturated carbocycles. The molecular weight excluding hydrogens is 418 g/mol. The molecule has 1 aliphatic heterocycles. The molecule has 0 spiro atoms. The normalized spacial score (nSPS) is 15.0. The highest BCUT2D eigenvalue weighted by molar-refractivity contribution is 7.98. The molecule has 9 nitrogen and oxygen atoms in total. The Kier molecular flexibility index (Phi) is 6.08. The highest BCUT2D eigenvalue weighted by Gasteiger charge is 2.33. The van der Waals surface area contributed by atoms with E-state index in [9.17, 15) is 9.59 Å². The average molecular weight is 439 g/mol. The fraction of sp³-hybridized carbons (Fsp3) is 0.238. The Morgan fingerprint density at radius 1 is 1.23 bits per heavy atom. The minimum Gasteiger partial charge on any atom is -0.497 e. The predicted molar refractivity (Wildman–Crippen MR) is 116 cm³/mol. The topological polar surface area (TPSA) is 107 Å². The summed E-state index contributed by atoms with van der Waals surface area (Å²) >= 11 is 1.44. The smallest absolute Gasteiger partial charge is 0.250 e. The lowest BCUT2D eigenvalue weighted by Crippen LogP contribution is -2.36. The van der Waals surface area contributed by atoms with Crippen LogP contribution in [-0.4, -0.2) is 40.8 Å². The molecular formula is C21H21N5O4S. The Bertz CT molecular complexity index is 1100. The second-order valence-corrected chi connectivity index (χ2v) is 7.70. The Balaban J connectivity index is 1.52. The molecule has 160 valence electrons. The lowest BCUT2D eigenvalue weighted by molar-refractivity contribution is -0.125. The van der Waals surface area contributed by atoms with E-state index >= 15 is 0 Å². The number of carbonyl (C=O) groups excluding carboxylic acids is 2. The Morgan fingerprint density at radius 2 is 2.03 bits per heavy atom. The van der Waals surface area contributed by atoms with Gasteiger partial charge >= 0.3 is 0 Å². The van der Waals surface area contributed by atoms with Crippen molar-refractivity contribution in [1.29, 1.82) is 0 Å². The third kappa shape index (κ3) is 4.64. The van der Waals surface area contributed by atoms with Crippen LogP contribution < -0.4 is 20.1 Å². The zero-order chi connectivity index (χ0) is 21.8. The predicted octanol–water partition coefficient (Wildman–Crippen LogP) is 3.11. The summed E-state index contributed by atoms with van der Waals surface area (Å²) in [4.78, 5) is 29.6. The van der Waals surface area contributed by atoms with Gasteiger partial charge < -0.3 is 14.8 Å². The van der Waals surface area contributed by atoms with Gasteiger partial charge in [0.15, 0.2) is 0 Å². The van der Waals surface area contributed by atoms with E-state index in [1.54, 1.807) is 25.3 Å². The fourth-order valence-electron chi connectivity index (χ4n) is 3.15. The maximum absolute atomic E-state index is 13.0. The largest absolute Gasteiger partial charge is 0.497 e. The minimum atomic E-state index is -0.825. The van der Waals surface area contributed by atoms with Crippen LogP contribution in [0.3, 0.4) is 0 Å². The third-order valence-electron chi connectivity index (χ3n) is 4.72. The highest BCUT2D eigenvalue weighted by atomic mass is 32.2. The van der Waals surface area contributed by atoms with Gasteiger partial charge in [0.1, 0.15) is 17.5 Å². The van der Waals surface area contributed by atoms with Crippen LogP contribution in [0.5, 0.6) is 11.5 Å². The van der Waals surface area contributed by atoms with Gasteiger partial charge in [-0.1, -0.05) is 42.1 Å². The fourth-order valence-corrected chi connectivity index (χ4v) is 3.93. The quantitative estimate of drug-likeness (QED) is 0.545. The van der Waals surface area contributed by atoms with Gasteiger partial charge in [-0.2, -0.15) is 4.98 Å². The molecule has 0 fully saturated rings. The summed E-state index contributed by atoms with van der Waals surface area (Å²) in [6, 6.07) is 14.2. The lowest BCUT2D eigenvalue weighted by Gasteiger charge is -2.23. The second-order valence-electron chi connectivity index (χ2n) is 6.76. The number of anilines is 2. The molecule has 1 unspecified atom stereocenters. The van der Waals surface area contributed by atoms with E-state index < -0.39 is 6.04 Å². The summed E-state index contributed by atoms with van der Waals surface area (Å²) in [6.45, 7) is 0. The van der Waals surface area contributed by atoms with Gasteiger partial charge in [-0.15, -0.1) is 5.10 Å². The number of fused-ring (bicyclic) bond motifs is 1. The number of aromatic nitrogens is 3. The summed E-state index contributed by atoms with van der Waals surface area (Å²) in [6.07, 6.45) is -0.0382. The van der Waals surface area contributed by atoms with E-state index in [0.29, 0.717) is 28.1 Å². The molecule has 4 rings (SSSR count). The van der Waals surface area contributed by atoms with Gasteiger partial charge in [0, 0.05) is 11.8 Å². The third-order valence-corrected chi connectivity index (χ3v) is 5.63. The first kappa shape index (κ1) is 20.7. The minimum absolute atomic E-state index is 0.0382. The SMILES string of the molecule is COc1ccc(NC(=O)C2CC(=O)Nc3nc(SCc4ccccc4)nn32)c(OC)c1.